The van der Waals surface area contributed by atoms with Gasteiger partial charge in [0.25, 0.3) is 0 Å². The molecule has 0 saturated carbocycles. The first-order chi connectivity index (χ1) is 29.9. The van der Waals surface area contributed by atoms with Gasteiger partial charge in [0, 0.05) is 21.9 Å². The first-order valence-corrected chi connectivity index (χ1v) is 21.5. The van der Waals surface area contributed by atoms with Crippen LogP contribution >= 0.6 is 48.2 Å². The Morgan fingerprint density at radius 1 is 0.785 bits per heavy atom. The van der Waals surface area contributed by atoms with Crippen molar-refractivity contribution in [3.05, 3.63) is 76.6 Å². The molecule has 1 unspecified atom stereocenters. The number of rotatable bonds is 21. The van der Waals surface area contributed by atoms with Crippen molar-refractivity contribution < 1.29 is 37.8 Å². The van der Waals surface area contributed by atoms with E-state index in [4.69, 9.17) is 47.4 Å². The second-order valence-electron chi connectivity index (χ2n) is 15.6. The van der Waals surface area contributed by atoms with E-state index in [1.54, 1.807) is 48.5 Å². The number of carbonyl (C=O) groups is 4. The van der Waals surface area contributed by atoms with E-state index in [-0.39, 0.29) is 95.1 Å². The van der Waals surface area contributed by atoms with Crippen LogP contribution in [0.25, 0.3) is 22.6 Å². The van der Waals surface area contributed by atoms with Crippen LogP contribution in [0.1, 0.15) is 71.2 Å². The Morgan fingerprint density at radius 3 is 1.85 bits per heavy atom. The number of aromatic nitrogens is 2. The Bertz CT molecular complexity index is 2320. The van der Waals surface area contributed by atoms with Crippen LogP contribution in [-0.4, -0.2) is 77.2 Å². The largest absolute Gasteiger partial charge is 0.490 e. The van der Waals surface area contributed by atoms with Gasteiger partial charge >= 0.3 is 11.9 Å². The molecule has 2 aromatic carbocycles. The van der Waals surface area contributed by atoms with E-state index in [1.807, 2.05) is 27.7 Å². The number of halogens is 3. The molecule has 65 heavy (non-hydrogen) atoms. The third-order valence-corrected chi connectivity index (χ3v) is 10.4. The molecule has 5 atom stereocenters. The Balaban J connectivity index is 0.00000726. The SMILES string of the molecule is CC(C)CC(NC(=O)[C@H](C)N)C(=O)O[C@H](COC(=O)[C@H](CC(C)C)NC(=O)[C@H](C)N)COc1ccc(-c2c(C#N)c(N)nc(SCc3coc(-c4ccc(Cl)cc4)n3)c2C#N)cc1.Cl.Cl. The number of nitrogen functional groups attached to an aromatic ring is 1. The second kappa shape index (κ2) is 26.4. The maximum absolute atomic E-state index is 13.6. The predicted molar refractivity (Wildman–Crippen MR) is 251 cm³/mol. The Labute approximate surface area is 399 Å². The van der Waals surface area contributed by atoms with Crippen molar-refractivity contribution >= 4 is 77.7 Å². The quantitative estimate of drug-likeness (QED) is 0.0465. The lowest BCUT2D eigenvalue weighted by Gasteiger charge is -2.25. The summed E-state index contributed by atoms with van der Waals surface area (Å²) in [6.07, 6.45) is 0.797. The minimum atomic E-state index is -1.19. The lowest BCUT2D eigenvalue weighted by atomic mass is 9.97. The normalized spacial score (nSPS) is 13.1. The number of hydrogen-bond acceptors (Lipinski definition) is 16. The minimum absolute atomic E-state index is 0. The van der Waals surface area contributed by atoms with Gasteiger partial charge in [-0.05, 0) is 80.5 Å². The van der Waals surface area contributed by atoms with Gasteiger partial charge in [0.1, 0.15) is 65.9 Å². The lowest BCUT2D eigenvalue weighted by Crippen LogP contribution is -2.50. The summed E-state index contributed by atoms with van der Waals surface area (Å²) in [6.45, 7) is 9.67. The fourth-order valence-electron chi connectivity index (χ4n) is 5.95. The number of amides is 2. The molecule has 0 spiro atoms. The third-order valence-electron chi connectivity index (χ3n) is 9.13. The number of nitrogens with two attached hydrogens (primary N) is 3. The summed E-state index contributed by atoms with van der Waals surface area (Å²) in [5, 5.41) is 26.5. The van der Waals surface area contributed by atoms with Crippen LogP contribution in [0.15, 0.2) is 64.2 Å². The lowest BCUT2D eigenvalue weighted by molar-refractivity contribution is -0.164. The molecule has 0 bridgehead atoms. The van der Waals surface area contributed by atoms with Crippen molar-refractivity contribution in [2.75, 3.05) is 18.9 Å². The number of hydrogen-bond donors (Lipinski definition) is 5. The number of oxazole rings is 1. The molecular formula is C44H54Cl3N9O8S. The first kappa shape index (κ1) is 55.5. The number of nitriles is 2. The average molecular weight is 975 g/mol. The third kappa shape index (κ3) is 16.4. The summed E-state index contributed by atoms with van der Waals surface area (Å²) in [5.41, 5.74) is 19.9. The average Bonchev–Trinajstić information content (AvgIpc) is 3.72. The summed E-state index contributed by atoms with van der Waals surface area (Å²) in [6, 6.07) is 13.8. The molecule has 8 N–H and O–H groups in total. The highest BCUT2D eigenvalue weighted by Gasteiger charge is 2.30. The molecule has 4 aromatic rings. The van der Waals surface area contributed by atoms with Crippen LogP contribution < -0.4 is 32.6 Å². The highest BCUT2D eigenvalue weighted by molar-refractivity contribution is 7.98. The van der Waals surface area contributed by atoms with Crippen LogP contribution in [0.4, 0.5) is 5.82 Å². The van der Waals surface area contributed by atoms with Crippen LogP contribution in [0.5, 0.6) is 5.75 Å². The maximum atomic E-state index is 13.6. The van der Waals surface area contributed by atoms with E-state index in [1.165, 1.54) is 31.9 Å². The van der Waals surface area contributed by atoms with Gasteiger partial charge in [0.2, 0.25) is 17.7 Å². The van der Waals surface area contributed by atoms with E-state index in [9.17, 15) is 29.7 Å². The predicted octanol–water partition coefficient (Wildman–Crippen LogP) is 6.11. The smallest absolute Gasteiger partial charge is 0.329 e. The van der Waals surface area contributed by atoms with E-state index in [0.29, 0.717) is 22.2 Å². The van der Waals surface area contributed by atoms with Crippen molar-refractivity contribution in [1.82, 2.24) is 20.6 Å². The Morgan fingerprint density at radius 2 is 1.32 bits per heavy atom. The molecule has 0 radical (unpaired) electrons. The first-order valence-electron chi connectivity index (χ1n) is 20.1. The molecule has 0 fully saturated rings. The number of ether oxygens (including phenoxy) is 3. The van der Waals surface area contributed by atoms with Crippen LogP contribution in [-0.2, 0) is 34.4 Å². The fraction of sp³-hybridized carbons (Fsp3) is 0.409. The van der Waals surface area contributed by atoms with E-state index in [2.05, 4.69) is 32.7 Å². The summed E-state index contributed by atoms with van der Waals surface area (Å²) in [4.78, 5) is 60.7. The van der Waals surface area contributed by atoms with Gasteiger partial charge in [-0.2, -0.15) is 10.5 Å². The van der Waals surface area contributed by atoms with Crippen molar-refractivity contribution in [2.24, 2.45) is 23.3 Å². The summed E-state index contributed by atoms with van der Waals surface area (Å²) >= 11 is 7.20. The van der Waals surface area contributed by atoms with Crippen molar-refractivity contribution in [1.29, 1.82) is 10.5 Å². The van der Waals surface area contributed by atoms with Gasteiger partial charge in [0.15, 0.2) is 6.10 Å². The zero-order valence-electron chi connectivity index (χ0n) is 36.7. The van der Waals surface area contributed by atoms with Crippen molar-refractivity contribution in [2.45, 2.75) is 95.4 Å². The monoisotopic (exact) mass is 973 g/mol. The highest BCUT2D eigenvalue weighted by atomic mass is 35.5. The van der Waals surface area contributed by atoms with Crippen LogP contribution in [0.3, 0.4) is 0 Å². The van der Waals surface area contributed by atoms with Gasteiger partial charge in [-0.3, -0.25) is 9.59 Å². The van der Waals surface area contributed by atoms with Crippen molar-refractivity contribution in [3.63, 3.8) is 0 Å². The summed E-state index contributed by atoms with van der Waals surface area (Å²) in [7, 11) is 0. The van der Waals surface area contributed by atoms with Gasteiger partial charge in [-0.15, -0.1) is 24.8 Å². The van der Waals surface area contributed by atoms with Crippen molar-refractivity contribution in [3.8, 4) is 40.5 Å². The summed E-state index contributed by atoms with van der Waals surface area (Å²) < 4.78 is 23.1. The van der Waals surface area contributed by atoms with E-state index in [0.717, 1.165) is 5.56 Å². The fourth-order valence-corrected chi connectivity index (χ4v) is 6.95. The van der Waals surface area contributed by atoms with Gasteiger partial charge < -0.3 is 46.5 Å². The molecule has 0 aliphatic heterocycles. The molecule has 2 amide bonds. The number of thioether (sulfide) groups is 1. The molecule has 21 heteroatoms. The molecule has 0 saturated heterocycles. The van der Waals surface area contributed by atoms with E-state index >= 15 is 0 Å². The highest BCUT2D eigenvalue weighted by Crippen LogP contribution is 2.37. The standard InChI is InChI=1S/C44H52ClN9O8S.2ClH/c1-23(2)15-35(52-39(55)25(5)48)43(57)61-21-32(62-44(58)36(16-24(3)4)53-40(56)26(6)49)20-59-31-13-9-27(10-14-31)37-33(17-46)38(50)54-42(34(37)18-47)63-22-30-19-60-41(51-30)28-7-11-29(45)12-8-28;;/h7-14,19,23-26,32,35-36H,15-16,20-22,48-49H2,1-6H3,(H2,50,54)(H,52,55)(H,53,56);2*1H/t25-,26-,32-,35-,36?;;/m0../s1. The zero-order chi connectivity index (χ0) is 46.4. The molecule has 350 valence electrons. The molecule has 2 heterocycles. The minimum Gasteiger partial charge on any atom is -0.490 e. The topological polar surface area (TPSA) is 285 Å². The molecule has 17 nitrogen and oxygen atoms in total. The maximum Gasteiger partial charge on any atom is 0.329 e. The number of esters is 2. The van der Waals surface area contributed by atoms with Crippen LogP contribution in [0, 0.1) is 34.5 Å². The van der Waals surface area contributed by atoms with Crippen LogP contribution in [0.2, 0.25) is 5.02 Å². The van der Waals surface area contributed by atoms with Gasteiger partial charge in [-0.1, -0.05) is 63.2 Å². The number of benzene rings is 2. The van der Waals surface area contributed by atoms with Gasteiger partial charge in [0.05, 0.1) is 23.3 Å². The summed E-state index contributed by atoms with van der Waals surface area (Å²) in [5.74, 6) is -1.83. The molecule has 0 aliphatic rings. The zero-order valence-corrected chi connectivity index (χ0v) is 39.9. The molecular weight excluding hydrogens is 921 g/mol. The number of nitrogens with zero attached hydrogens (tertiary/aromatic N) is 4. The second-order valence-corrected chi connectivity index (χ2v) is 17.0. The molecule has 4 rings (SSSR count). The van der Waals surface area contributed by atoms with E-state index < -0.39 is 60.6 Å². The number of anilines is 1. The Hall–Kier alpha value is -5.60. The Kier molecular flexibility index (Phi) is 22.5. The molecule has 2 aromatic heterocycles. The number of pyridine rings is 1. The van der Waals surface area contributed by atoms with Gasteiger partial charge in [-0.25, -0.2) is 19.6 Å². The molecule has 0 aliphatic carbocycles. The number of nitrogens with one attached hydrogen (secondary N) is 2. The number of carbonyl (C=O) groups excluding carboxylic acids is 4.